The first-order valence-corrected chi connectivity index (χ1v) is 11.6. The minimum Gasteiger partial charge on any atom is -0.324 e. The van der Waals surface area contributed by atoms with E-state index in [1.807, 2.05) is 12.1 Å². The molecule has 1 unspecified atom stereocenters. The topological polar surface area (TPSA) is 84.7 Å². The van der Waals surface area contributed by atoms with Crippen molar-refractivity contribution in [1.82, 2.24) is 25.1 Å². The summed E-state index contributed by atoms with van der Waals surface area (Å²) < 4.78 is 1.21. The summed E-state index contributed by atoms with van der Waals surface area (Å²) >= 11 is 12.6. The number of rotatable bonds is 4. The first kappa shape index (κ1) is 21.8. The molecular weight excluding hydrogens is 459 g/mol. The average Bonchev–Trinajstić information content (AvgIpc) is 2.83. The number of nitrogens with one attached hydrogen (secondary N) is 2. The monoisotopic (exact) mass is 480 g/mol. The van der Waals surface area contributed by atoms with Gasteiger partial charge in [0.2, 0.25) is 5.95 Å². The standard InChI is InChI=1S/C24H22Cl2N6O/c1-14-21-18(23(33)32(31-14)22-19(25)5-2-6-20(22)26)13-28-24(30-21)29-17-9-7-15(8-10-17)16-4-3-11-27-12-16/h2,5-10,13,16,27H,3-4,11-12H2,1H3,(H,28,29,30). The summed E-state index contributed by atoms with van der Waals surface area (Å²) in [6.07, 6.45) is 3.91. The molecule has 2 aromatic carbocycles. The second-order valence-electron chi connectivity index (χ2n) is 8.12. The molecule has 1 aliphatic rings. The van der Waals surface area contributed by atoms with Crippen molar-refractivity contribution >= 4 is 45.7 Å². The Morgan fingerprint density at radius 2 is 1.88 bits per heavy atom. The number of para-hydroxylation sites is 1. The largest absolute Gasteiger partial charge is 0.324 e. The van der Waals surface area contributed by atoms with Gasteiger partial charge in [-0.25, -0.2) is 9.97 Å². The summed E-state index contributed by atoms with van der Waals surface area (Å²) in [4.78, 5) is 22.0. The molecular formula is C24H22Cl2N6O. The van der Waals surface area contributed by atoms with E-state index in [0.717, 1.165) is 18.8 Å². The van der Waals surface area contributed by atoms with E-state index >= 15 is 0 Å². The van der Waals surface area contributed by atoms with Gasteiger partial charge in [0.15, 0.2) is 0 Å². The maximum Gasteiger partial charge on any atom is 0.282 e. The number of aromatic nitrogens is 4. The average molecular weight is 481 g/mol. The number of hydrogen-bond donors (Lipinski definition) is 2. The first-order chi connectivity index (χ1) is 16.0. The third-order valence-electron chi connectivity index (χ3n) is 5.89. The quantitative estimate of drug-likeness (QED) is 0.427. The van der Waals surface area contributed by atoms with E-state index in [1.165, 1.54) is 29.3 Å². The van der Waals surface area contributed by atoms with E-state index in [1.54, 1.807) is 25.1 Å². The number of fused-ring (bicyclic) bond motifs is 1. The van der Waals surface area contributed by atoms with E-state index in [9.17, 15) is 4.79 Å². The highest BCUT2D eigenvalue weighted by atomic mass is 35.5. The minimum atomic E-state index is -0.386. The molecule has 5 rings (SSSR count). The Hall–Kier alpha value is -3.00. The van der Waals surface area contributed by atoms with Gasteiger partial charge in [0.25, 0.3) is 5.56 Å². The van der Waals surface area contributed by atoms with Crippen molar-refractivity contribution in [3.63, 3.8) is 0 Å². The summed E-state index contributed by atoms with van der Waals surface area (Å²) in [6, 6.07) is 13.4. The van der Waals surface area contributed by atoms with Gasteiger partial charge in [-0.05, 0) is 62.1 Å². The molecule has 0 aliphatic carbocycles. The zero-order valence-corrected chi connectivity index (χ0v) is 19.5. The molecule has 9 heteroatoms. The lowest BCUT2D eigenvalue weighted by molar-refractivity contribution is 0.461. The summed E-state index contributed by atoms with van der Waals surface area (Å²) in [5.41, 5.74) is 3.19. The molecule has 0 bridgehead atoms. The van der Waals surface area contributed by atoms with Crippen LogP contribution in [-0.4, -0.2) is 32.8 Å². The van der Waals surface area contributed by atoms with Crippen LogP contribution < -0.4 is 16.2 Å². The van der Waals surface area contributed by atoms with Gasteiger partial charge in [-0.1, -0.05) is 41.4 Å². The lowest BCUT2D eigenvalue weighted by Gasteiger charge is -2.23. The fourth-order valence-electron chi connectivity index (χ4n) is 4.18. The highest BCUT2D eigenvalue weighted by Crippen LogP contribution is 2.28. The number of aryl methyl sites for hydroxylation is 1. The van der Waals surface area contributed by atoms with Crippen molar-refractivity contribution in [2.75, 3.05) is 18.4 Å². The number of anilines is 2. The Kier molecular flexibility index (Phi) is 6.01. The van der Waals surface area contributed by atoms with Crippen LogP contribution in [0.4, 0.5) is 11.6 Å². The third kappa shape index (κ3) is 4.31. The lowest BCUT2D eigenvalue weighted by atomic mass is 9.92. The number of hydrogen-bond acceptors (Lipinski definition) is 6. The van der Waals surface area contributed by atoms with Crippen molar-refractivity contribution in [2.45, 2.75) is 25.7 Å². The van der Waals surface area contributed by atoms with Crippen LogP contribution >= 0.6 is 23.2 Å². The highest BCUT2D eigenvalue weighted by molar-refractivity contribution is 6.37. The van der Waals surface area contributed by atoms with Crippen molar-refractivity contribution in [1.29, 1.82) is 0 Å². The normalized spacial score (nSPS) is 16.2. The maximum absolute atomic E-state index is 13.1. The molecule has 0 radical (unpaired) electrons. The molecule has 3 heterocycles. The second-order valence-corrected chi connectivity index (χ2v) is 8.93. The van der Waals surface area contributed by atoms with Gasteiger partial charge >= 0.3 is 0 Å². The van der Waals surface area contributed by atoms with Gasteiger partial charge < -0.3 is 10.6 Å². The van der Waals surface area contributed by atoms with Crippen LogP contribution in [0.2, 0.25) is 10.0 Å². The van der Waals surface area contributed by atoms with E-state index < -0.39 is 0 Å². The van der Waals surface area contributed by atoms with Gasteiger partial charge in [0.05, 0.1) is 21.1 Å². The number of nitrogens with zero attached hydrogens (tertiary/aromatic N) is 4. The molecule has 0 saturated carbocycles. The lowest BCUT2D eigenvalue weighted by Crippen LogP contribution is -2.28. The highest BCUT2D eigenvalue weighted by Gasteiger charge is 2.17. The molecule has 1 fully saturated rings. The van der Waals surface area contributed by atoms with E-state index in [4.69, 9.17) is 23.2 Å². The molecule has 4 aromatic rings. The van der Waals surface area contributed by atoms with Crippen LogP contribution in [0, 0.1) is 6.92 Å². The molecule has 2 aromatic heterocycles. The van der Waals surface area contributed by atoms with Crippen LogP contribution in [0.25, 0.3) is 16.6 Å². The number of halogens is 2. The summed E-state index contributed by atoms with van der Waals surface area (Å²) in [6.45, 7) is 3.90. The van der Waals surface area contributed by atoms with Crippen molar-refractivity contribution in [3.05, 3.63) is 80.3 Å². The Labute approximate surface area is 200 Å². The Morgan fingerprint density at radius 3 is 2.58 bits per heavy atom. The van der Waals surface area contributed by atoms with E-state index in [0.29, 0.717) is 44.2 Å². The van der Waals surface area contributed by atoms with Crippen molar-refractivity contribution in [2.24, 2.45) is 0 Å². The zero-order valence-electron chi connectivity index (χ0n) is 18.0. The van der Waals surface area contributed by atoms with Gasteiger partial charge in [0, 0.05) is 18.4 Å². The summed E-state index contributed by atoms with van der Waals surface area (Å²) in [5, 5.41) is 12.1. The first-order valence-electron chi connectivity index (χ1n) is 10.8. The van der Waals surface area contributed by atoms with Gasteiger partial charge in [-0.15, -0.1) is 0 Å². The number of piperidine rings is 1. The molecule has 0 spiro atoms. The fraction of sp³-hybridized carbons (Fsp3) is 0.250. The van der Waals surface area contributed by atoms with E-state index in [2.05, 4.69) is 37.8 Å². The molecule has 2 N–H and O–H groups in total. The van der Waals surface area contributed by atoms with Crippen LogP contribution in [0.15, 0.2) is 53.5 Å². The van der Waals surface area contributed by atoms with Gasteiger partial charge in [0.1, 0.15) is 11.2 Å². The van der Waals surface area contributed by atoms with Crippen molar-refractivity contribution in [3.8, 4) is 5.69 Å². The Balaban J connectivity index is 1.45. The summed E-state index contributed by atoms with van der Waals surface area (Å²) in [7, 11) is 0. The van der Waals surface area contributed by atoms with Crippen molar-refractivity contribution < 1.29 is 0 Å². The third-order valence-corrected chi connectivity index (χ3v) is 6.50. The molecule has 1 atom stereocenters. The number of benzene rings is 2. The zero-order chi connectivity index (χ0) is 22.9. The summed E-state index contributed by atoms with van der Waals surface area (Å²) in [5.74, 6) is 0.944. The van der Waals surface area contributed by atoms with Crippen LogP contribution in [0.3, 0.4) is 0 Å². The maximum atomic E-state index is 13.1. The molecule has 1 aliphatic heterocycles. The SMILES string of the molecule is Cc1nn(-c2c(Cl)cccc2Cl)c(=O)c2cnc(Nc3ccc(C4CCCNC4)cc3)nc12. The van der Waals surface area contributed by atoms with Crippen LogP contribution in [-0.2, 0) is 0 Å². The molecule has 168 valence electrons. The fourth-order valence-corrected chi connectivity index (χ4v) is 4.74. The predicted octanol–water partition coefficient (Wildman–Crippen LogP) is 5.00. The Bertz CT molecular complexity index is 1360. The van der Waals surface area contributed by atoms with E-state index in [-0.39, 0.29) is 5.56 Å². The van der Waals surface area contributed by atoms with Crippen LogP contribution in [0.5, 0.6) is 0 Å². The smallest absolute Gasteiger partial charge is 0.282 e. The molecule has 1 saturated heterocycles. The predicted molar refractivity (Wildman–Crippen MR) is 132 cm³/mol. The second kappa shape index (κ2) is 9.09. The molecule has 7 nitrogen and oxygen atoms in total. The van der Waals surface area contributed by atoms with Crippen LogP contribution in [0.1, 0.15) is 30.0 Å². The Morgan fingerprint density at radius 1 is 1.12 bits per heavy atom. The molecule has 33 heavy (non-hydrogen) atoms. The van der Waals surface area contributed by atoms with Gasteiger partial charge in [-0.3, -0.25) is 4.79 Å². The molecule has 0 amide bonds. The van der Waals surface area contributed by atoms with Gasteiger partial charge in [-0.2, -0.15) is 9.78 Å². The minimum absolute atomic E-state index is 0.336.